The number of β-amino-alcohol motifs (C(OH)–C–C–N with tert-alkyl or cyclic N) is 1. The van der Waals surface area contributed by atoms with Gasteiger partial charge >= 0.3 is 0 Å². The van der Waals surface area contributed by atoms with Crippen LogP contribution >= 0.6 is 0 Å². The van der Waals surface area contributed by atoms with Gasteiger partial charge in [0.05, 0.1) is 24.9 Å². The lowest BCUT2D eigenvalue weighted by molar-refractivity contribution is -0.0152. The van der Waals surface area contributed by atoms with Gasteiger partial charge in [0.25, 0.3) is 0 Å². The lowest BCUT2D eigenvalue weighted by Crippen LogP contribution is -2.48. The van der Waals surface area contributed by atoms with E-state index in [1.807, 2.05) is 13.0 Å². The molecule has 3 aromatic rings. The molecule has 0 bridgehead atoms. The van der Waals surface area contributed by atoms with Crippen LogP contribution in [0.3, 0.4) is 0 Å². The number of nitrogens with zero attached hydrogens (tertiary/aromatic N) is 3. The van der Waals surface area contributed by atoms with Crippen LogP contribution in [-0.4, -0.2) is 65.5 Å². The molecule has 4 rings (SSSR count). The third kappa shape index (κ3) is 6.68. The summed E-state index contributed by atoms with van der Waals surface area (Å²) in [5.74, 6) is 0.186. The summed E-state index contributed by atoms with van der Waals surface area (Å²) in [5, 5.41) is 14.5. The quantitative estimate of drug-likeness (QED) is 0.530. The SMILES string of the molecule is Cc1cc(CN2CCN(C[C@@H](O)COC(c3ccc(F)cc3)c3ccc(F)cc3)CC2)on1. The Morgan fingerprint density at radius 1 is 0.939 bits per heavy atom. The van der Waals surface area contributed by atoms with E-state index in [1.54, 1.807) is 24.3 Å². The van der Waals surface area contributed by atoms with E-state index in [9.17, 15) is 13.9 Å². The maximum absolute atomic E-state index is 13.4. The van der Waals surface area contributed by atoms with E-state index in [4.69, 9.17) is 9.26 Å². The monoisotopic (exact) mass is 457 g/mol. The van der Waals surface area contributed by atoms with Crippen molar-refractivity contribution < 1.29 is 23.1 Å². The van der Waals surface area contributed by atoms with E-state index in [0.717, 1.165) is 55.3 Å². The van der Waals surface area contributed by atoms with Crippen molar-refractivity contribution in [2.24, 2.45) is 0 Å². The molecule has 0 amide bonds. The Morgan fingerprint density at radius 2 is 1.48 bits per heavy atom. The highest BCUT2D eigenvalue weighted by Gasteiger charge is 2.22. The zero-order valence-electron chi connectivity index (χ0n) is 18.7. The average molecular weight is 458 g/mol. The molecule has 6 nitrogen and oxygen atoms in total. The van der Waals surface area contributed by atoms with Gasteiger partial charge in [-0.15, -0.1) is 0 Å². The van der Waals surface area contributed by atoms with Crippen molar-refractivity contribution in [3.8, 4) is 0 Å². The molecule has 0 saturated carbocycles. The number of hydrogen-bond acceptors (Lipinski definition) is 6. The first kappa shape index (κ1) is 23.5. The normalized spacial score (nSPS) is 16.4. The molecule has 8 heteroatoms. The standard InChI is InChI=1S/C25H29F2N3O3/c1-18-14-24(33-28-18)16-30-12-10-29(11-13-30)15-23(31)17-32-25(19-2-6-21(26)7-3-19)20-4-8-22(27)9-5-20/h2-9,14,23,25,31H,10-13,15-17H2,1H3/t23-/m1/s1. The van der Waals surface area contributed by atoms with Gasteiger partial charge in [0.2, 0.25) is 0 Å². The van der Waals surface area contributed by atoms with Gasteiger partial charge < -0.3 is 14.4 Å². The molecule has 176 valence electrons. The molecule has 1 fully saturated rings. The summed E-state index contributed by atoms with van der Waals surface area (Å²) in [5.41, 5.74) is 2.37. The molecule has 0 spiro atoms. The van der Waals surface area contributed by atoms with Gasteiger partial charge in [0.15, 0.2) is 5.76 Å². The van der Waals surface area contributed by atoms with E-state index in [0.29, 0.717) is 6.54 Å². The molecule has 0 radical (unpaired) electrons. The van der Waals surface area contributed by atoms with Crippen molar-refractivity contribution in [1.29, 1.82) is 0 Å². The van der Waals surface area contributed by atoms with Crippen molar-refractivity contribution in [3.63, 3.8) is 0 Å². The fourth-order valence-electron chi connectivity index (χ4n) is 4.06. The molecule has 1 saturated heterocycles. The molecule has 2 aromatic carbocycles. The Bertz CT molecular complexity index is 957. The molecule has 1 aliphatic rings. The Balaban J connectivity index is 1.29. The minimum atomic E-state index is -0.683. The predicted molar refractivity (Wildman–Crippen MR) is 120 cm³/mol. The van der Waals surface area contributed by atoms with Crippen molar-refractivity contribution in [3.05, 3.63) is 88.8 Å². The lowest BCUT2D eigenvalue weighted by Gasteiger charge is -2.35. The second-order valence-corrected chi connectivity index (χ2v) is 8.48. The molecule has 2 heterocycles. The van der Waals surface area contributed by atoms with Gasteiger partial charge in [0.1, 0.15) is 17.7 Å². The van der Waals surface area contributed by atoms with Crippen LogP contribution in [0, 0.1) is 18.6 Å². The highest BCUT2D eigenvalue weighted by molar-refractivity contribution is 5.30. The molecule has 0 unspecified atom stereocenters. The van der Waals surface area contributed by atoms with Crippen molar-refractivity contribution in [2.45, 2.75) is 25.7 Å². The Labute approximate surface area is 192 Å². The van der Waals surface area contributed by atoms with E-state index >= 15 is 0 Å². The lowest BCUT2D eigenvalue weighted by atomic mass is 10.0. The first-order chi connectivity index (χ1) is 16.0. The smallest absolute Gasteiger partial charge is 0.150 e. The minimum Gasteiger partial charge on any atom is -0.389 e. The number of aliphatic hydroxyl groups excluding tert-OH is 1. The number of piperazine rings is 1. The molecule has 0 aliphatic carbocycles. The van der Waals surface area contributed by atoms with Crippen molar-refractivity contribution >= 4 is 0 Å². The van der Waals surface area contributed by atoms with E-state index in [1.165, 1.54) is 24.3 Å². The maximum atomic E-state index is 13.4. The molecular weight excluding hydrogens is 428 g/mol. The third-order valence-corrected chi connectivity index (χ3v) is 5.79. The zero-order chi connectivity index (χ0) is 23.2. The van der Waals surface area contributed by atoms with Crippen LogP contribution in [0.15, 0.2) is 59.1 Å². The summed E-state index contributed by atoms with van der Waals surface area (Å²) in [6.07, 6.45) is -1.21. The second kappa shape index (κ2) is 11.0. The number of aryl methyl sites for hydroxylation is 1. The van der Waals surface area contributed by atoms with Crippen LogP contribution in [0.25, 0.3) is 0 Å². The van der Waals surface area contributed by atoms with E-state index < -0.39 is 12.2 Å². The highest BCUT2D eigenvalue weighted by Crippen LogP contribution is 2.27. The number of benzene rings is 2. The van der Waals surface area contributed by atoms with Gasteiger partial charge in [-0.25, -0.2) is 8.78 Å². The summed E-state index contributed by atoms with van der Waals surface area (Å²) in [7, 11) is 0. The fraction of sp³-hybridized carbons (Fsp3) is 0.400. The van der Waals surface area contributed by atoms with Crippen LogP contribution in [0.5, 0.6) is 0 Å². The Morgan fingerprint density at radius 3 is 2.00 bits per heavy atom. The number of aliphatic hydroxyl groups is 1. The highest BCUT2D eigenvalue weighted by atomic mass is 19.1. The predicted octanol–water partition coefficient (Wildman–Crippen LogP) is 3.55. The summed E-state index contributed by atoms with van der Waals surface area (Å²) in [4.78, 5) is 4.51. The topological polar surface area (TPSA) is 62.0 Å². The largest absolute Gasteiger partial charge is 0.389 e. The van der Waals surface area contributed by atoms with Gasteiger partial charge in [-0.3, -0.25) is 9.80 Å². The first-order valence-corrected chi connectivity index (χ1v) is 11.1. The average Bonchev–Trinajstić information content (AvgIpc) is 3.22. The van der Waals surface area contributed by atoms with Crippen LogP contribution in [0.1, 0.15) is 28.7 Å². The molecule has 1 aliphatic heterocycles. The summed E-state index contributed by atoms with van der Waals surface area (Å²) in [6.45, 7) is 6.67. The first-order valence-electron chi connectivity index (χ1n) is 11.1. The Kier molecular flexibility index (Phi) is 7.82. The van der Waals surface area contributed by atoms with Crippen LogP contribution in [0.2, 0.25) is 0 Å². The minimum absolute atomic E-state index is 0.108. The zero-order valence-corrected chi connectivity index (χ0v) is 18.7. The molecule has 1 N–H and O–H groups in total. The van der Waals surface area contributed by atoms with Crippen molar-refractivity contribution in [1.82, 2.24) is 15.0 Å². The molecular formula is C25H29F2N3O3. The molecule has 1 atom stereocenters. The number of halogens is 2. The summed E-state index contributed by atoms with van der Waals surface area (Å²) >= 11 is 0. The summed E-state index contributed by atoms with van der Waals surface area (Å²) in [6, 6.07) is 14.0. The van der Waals surface area contributed by atoms with E-state index in [-0.39, 0.29) is 18.2 Å². The maximum Gasteiger partial charge on any atom is 0.150 e. The van der Waals surface area contributed by atoms with Gasteiger partial charge in [-0.05, 0) is 42.3 Å². The second-order valence-electron chi connectivity index (χ2n) is 8.48. The molecule has 33 heavy (non-hydrogen) atoms. The van der Waals surface area contributed by atoms with Crippen molar-refractivity contribution in [2.75, 3.05) is 39.3 Å². The number of aromatic nitrogens is 1. The van der Waals surface area contributed by atoms with Crippen LogP contribution < -0.4 is 0 Å². The van der Waals surface area contributed by atoms with Crippen LogP contribution in [0.4, 0.5) is 8.78 Å². The van der Waals surface area contributed by atoms with Crippen LogP contribution in [-0.2, 0) is 11.3 Å². The van der Waals surface area contributed by atoms with Gasteiger partial charge in [0, 0.05) is 38.8 Å². The van der Waals surface area contributed by atoms with Gasteiger partial charge in [-0.2, -0.15) is 0 Å². The third-order valence-electron chi connectivity index (χ3n) is 5.79. The Hall–Kier alpha value is -2.65. The number of rotatable bonds is 9. The van der Waals surface area contributed by atoms with E-state index in [2.05, 4.69) is 15.0 Å². The number of ether oxygens (including phenoxy) is 1. The fourth-order valence-corrected chi connectivity index (χ4v) is 4.06. The summed E-state index contributed by atoms with van der Waals surface area (Å²) < 4.78 is 38.1. The number of hydrogen-bond donors (Lipinski definition) is 1. The van der Waals surface area contributed by atoms with Gasteiger partial charge in [-0.1, -0.05) is 29.4 Å². The molecule has 1 aromatic heterocycles.